The maximum atomic E-state index is 12.1. The molecule has 6 heteroatoms. The van der Waals surface area contributed by atoms with Crippen LogP contribution in [0.1, 0.15) is 54.4 Å². The summed E-state index contributed by atoms with van der Waals surface area (Å²) in [5, 5.41) is 10.8. The molecule has 1 fully saturated rings. The van der Waals surface area contributed by atoms with Crippen molar-refractivity contribution in [1.82, 2.24) is 4.90 Å². The Bertz CT molecular complexity index is 417. The van der Waals surface area contributed by atoms with Crippen LogP contribution in [0.15, 0.2) is 0 Å². The zero-order valence-corrected chi connectivity index (χ0v) is 14.6. The first-order valence-corrected chi connectivity index (χ1v) is 7.80. The van der Waals surface area contributed by atoms with Gasteiger partial charge in [0, 0.05) is 13.1 Å². The third-order valence-corrected chi connectivity index (χ3v) is 4.19. The highest BCUT2D eigenvalue weighted by molar-refractivity contribution is 5.77. The van der Waals surface area contributed by atoms with Gasteiger partial charge in [-0.15, -0.1) is 0 Å². The number of esters is 1. The first kappa shape index (κ1) is 18.7. The van der Waals surface area contributed by atoms with Crippen molar-refractivity contribution < 1.29 is 24.2 Å². The molecule has 1 N–H and O–H groups in total. The maximum absolute atomic E-state index is 12.1. The number of ether oxygens (including phenoxy) is 2. The summed E-state index contributed by atoms with van der Waals surface area (Å²) in [6.07, 6.45) is 0.249. The Hall–Kier alpha value is -1.30. The summed E-state index contributed by atoms with van der Waals surface area (Å²) in [6.45, 7) is 11.6. The minimum absolute atomic E-state index is 0.280. The van der Waals surface area contributed by atoms with Crippen molar-refractivity contribution in [2.45, 2.75) is 65.6 Å². The molecular formula is C16H29NO5. The van der Waals surface area contributed by atoms with Gasteiger partial charge in [0.15, 0.2) is 0 Å². The summed E-state index contributed by atoms with van der Waals surface area (Å²) < 4.78 is 10.4. The fraction of sp³-hybridized carbons (Fsp3) is 0.875. The van der Waals surface area contributed by atoms with Gasteiger partial charge in [0.05, 0.1) is 17.6 Å². The number of carbonyl (C=O) groups excluding carboxylic acids is 2. The number of amides is 1. The standard InChI is InChI=1S/C16H29NO5/c1-7-21-12(18)15(5,6)16(20)8-10-17(11-9-16)13(19)22-14(2,3)4/h20H,7-11H2,1-6H3. The molecular weight excluding hydrogens is 286 g/mol. The van der Waals surface area contributed by atoms with Crippen LogP contribution in [0.5, 0.6) is 0 Å². The van der Waals surface area contributed by atoms with Crippen molar-refractivity contribution in [1.29, 1.82) is 0 Å². The van der Waals surface area contributed by atoms with Crippen LogP contribution < -0.4 is 0 Å². The minimum atomic E-state index is -1.18. The minimum Gasteiger partial charge on any atom is -0.465 e. The molecule has 0 unspecified atom stereocenters. The molecule has 1 saturated heterocycles. The molecule has 22 heavy (non-hydrogen) atoms. The molecule has 1 aliphatic heterocycles. The largest absolute Gasteiger partial charge is 0.465 e. The zero-order valence-electron chi connectivity index (χ0n) is 14.6. The number of carbonyl (C=O) groups is 2. The molecule has 0 spiro atoms. The molecule has 0 aromatic heterocycles. The molecule has 0 atom stereocenters. The fourth-order valence-electron chi connectivity index (χ4n) is 2.51. The first-order chi connectivity index (χ1) is 9.93. The Morgan fingerprint density at radius 1 is 1.14 bits per heavy atom. The molecule has 0 aliphatic carbocycles. The molecule has 1 rings (SSSR count). The molecule has 128 valence electrons. The molecule has 1 aliphatic rings. The Labute approximate surface area is 132 Å². The van der Waals surface area contributed by atoms with Gasteiger partial charge in [-0.3, -0.25) is 4.79 Å². The van der Waals surface area contributed by atoms with Gasteiger partial charge < -0.3 is 19.5 Å². The van der Waals surface area contributed by atoms with Crippen LogP contribution in [0.25, 0.3) is 0 Å². The van der Waals surface area contributed by atoms with E-state index in [-0.39, 0.29) is 12.7 Å². The van der Waals surface area contributed by atoms with E-state index in [4.69, 9.17) is 9.47 Å². The number of hydrogen-bond acceptors (Lipinski definition) is 5. The second-order valence-electron chi connectivity index (χ2n) is 7.34. The van der Waals surface area contributed by atoms with Gasteiger partial charge in [-0.1, -0.05) is 0 Å². The van der Waals surface area contributed by atoms with E-state index in [1.54, 1.807) is 25.7 Å². The maximum Gasteiger partial charge on any atom is 0.410 e. The lowest BCUT2D eigenvalue weighted by molar-refractivity contribution is -0.176. The van der Waals surface area contributed by atoms with E-state index in [0.717, 1.165) is 0 Å². The van der Waals surface area contributed by atoms with Gasteiger partial charge in [0.1, 0.15) is 5.60 Å². The second kappa shape index (κ2) is 6.44. The van der Waals surface area contributed by atoms with Crippen LogP contribution in [0.2, 0.25) is 0 Å². The molecule has 0 aromatic carbocycles. The molecule has 0 radical (unpaired) electrons. The van der Waals surface area contributed by atoms with Crippen molar-refractivity contribution in [2.75, 3.05) is 19.7 Å². The highest BCUT2D eigenvalue weighted by Crippen LogP contribution is 2.40. The Balaban J connectivity index is 2.70. The lowest BCUT2D eigenvalue weighted by Gasteiger charge is -2.46. The van der Waals surface area contributed by atoms with Crippen LogP contribution >= 0.6 is 0 Å². The second-order valence-corrected chi connectivity index (χ2v) is 7.34. The van der Waals surface area contributed by atoms with E-state index < -0.39 is 22.6 Å². The average Bonchev–Trinajstić information content (AvgIpc) is 2.37. The normalized spacial score (nSPS) is 18.8. The van der Waals surface area contributed by atoms with Crippen molar-refractivity contribution in [2.24, 2.45) is 5.41 Å². The van der Waals surface area contributed by atoms with E-state index in [9.17, 15) is 14.7 Å². The third kappa shape index (κ3) is 4.12. The molecule has 0 bridgehead atoms. The van der Waals surface area contributed by atoms with E-state index in [0.29, 0.717) is 25.9 Å². The summed E-state index contributed by atoms with van der Waals surface area (Å²) in [5.74, 6) is -0.414. The predicted molar refractivity (Wildman–Crippen MR) is 82.4 cm³/mol. The van der Waals surface area contributed by atoms with Crippen molar-refractivity contribution in [3.8, 4) is 0 Å². The summed E-state index contributed by atoms with van der Waals surface area (Å²) in [5.41, 5.74) is -2.74. The Morgan fingerprint density at radius 2 is 1.64 bits per heavy atom. The summed E-state index contributed by atoms with van der Waals surface area (Å²) in [6, 6.07) is 0. The van der Waals surface area contributed by atoms with Crippen LogP contribution in [0, 0.1) is 5.41 Å². The SMILES string of the molecule is CCOC(=O)C(C)(C)C1(O)CCN(C(=O)OC(C)(C)C)CC1. The van der Waals surface area contributed by atoms with E-state index in [2.05, 4.69) is 0 Å². The molecule has 0 saturated carbocycles. The summed E-state index contributed by atoms with van der Waals surface area (Å²) >= 11 is 0. The fourth-order valence-corrected chi connectivity index (χ4v) is 2.51. The molecule has 6 nitrogen and oxygen atoms in total. The lowest BCUT2D eigenvalue weighted by Crippen LogP contribution is -2.57. The van der Waals surface area contributed by atoms with Gasteiger partial charge in [0.25, 0.3) is 0 Å². The quantitative estimate of drug-likeness (QED) is 0.809. The average molecular weight is 315 g/mol. The molecule has 0 aromatic rings. The Morgan fingerprint density at radius 3 is 2.05 bits per heavy atom. The van der Waals surface area contributed by atoms with Gasteiger partial charge in [-0.2, -0.15) is 0 Å². The van der Waals surface area contributed by atoms with E-state index >= 15 is 0 Å². The van der Waals surface area contributed by atoms with Crippen LogP contribution in [-0.2, 0) is 14.3 Å². The zero-order chi connectivity index (χ0) is 17.2. The van der Waals surface area contributed by atoms with Gasteiger partial charge in [0.2, 0.25) is 0 Å². The molecule has 1 heterocycles. The highest BCUT2D eigenvalue weighted by Gasteiger charge is 2.51. The third-order valence-electron chi connectivity index (χ3n) is 4.19. The molecule has 1 amide bonds. The number of rotatable bonds is 3. The van der Waals surface area contributed by atoms with E-state index in [1.807, 2.05) is 20.8 Å². The van der Waals surface area contributed by atoms with Gasteiger partial charge in [-0.05, 0) is 54.4 Å². The monoisotopic (exact) mass is 315 g/mol. The van der Waals surface area contributed by atoms with Gasteiger partial charge >= 0.3 is 12.1 Å². The van der Waals surface area contributed by atoms with E-state index in [1.165, 1.54) is 0 Å². The number of likely N-dealkylation sites (tertiary alicyclic amines) is 1. The number of aliphatic hydroxyl groups is 1. The smallest absolute Gasteiger partial charge is 0.410 e. The van der Waals surface area contributed by atoms with Crippen LogP contribution in [0.4, 0.5) is 4.79 Å². The van der Waals surface area contributed by atoms with Crippen molar-refractivity contribution in [3.05, 3.63) is 0 Å². The topological polar surface area (TPSA) is 76.1 Å². The van der Waals surface area contributed by atoms with Crippen molar-refractivity contribution >= 4 is 12.1 Å². The van der Waals surface area contributed by atoms with Gasteiger partial charge in [-0.25, -0.2) is 4.79 Å². The first-order valence-electron chi connectivity index (χ1n) is 7.80. The summed E-state index contributed by atoms with van der Waals surface area (Å²) in [4.78, 5) is 25.7. The number of piperidine rings is 1. The highest BCUT2D eigenvalue weighted by atomic mass is 16.6. The lowest BCUT2D eigenvalue weighted by atomic mass is 9.69. The number of hydrogen-bond donors (Lipinski definition) is 1. The Kier molecular flexibility index (Phi) is 5.49. The van der Waals surface area contributed by atoms with Crippen molar-refractivity contribution in [3.63, 3.8) is 0 Å². The van der Waals surface area contributed by atoms with Crippen LogP contribution in [-0.4, -0.2) is 53.0 Å². The summed E-state index contributed by atoms with van der Waals surface area (Å²) in [7, 11) is 0. The van der Waals surface area contributed by atoms with Crippen LogP contribution in [0.3, 0.4) is 0 Å². The predicted octanol–water partition coefficient (Wildman–Crippen LogP) is 2.34. The number of nitrogens with zero attached hydrogens (tertiary/aromatic N) is 1.